The van der Waals surface area contributed by atoms with Crippen molar-refractivity contribution in [1.82, 2.24) is 0 Å². The first-order valence-electron chi connectivity index (χ1n) is 5.03. The zero-order valence-electron chi connectivity index (χ0n) is 9.10. The van der Waals surface area contributed by atoms with Gasteiger partial charge in [0.2, 0.25) is 0 Å². The molecule has 0 amide bonds. The lowest BCUT2D eigenvalue weighted by atomic mass is 10.3. The maximum absolute atomic E-state index is 10.0. The first-order chi connectivity index (χ1) is 8.24. The SMILES string of the molecule is O=[N+]([O-])c1ccccc1.OCC1C=CC=CO1. The normalized spacial score (nSPS) is 16.6. The molecule has 0 aliphatic carbocycles. The third-order valence-corrected chi connectivity index (χ3v) is 1.92. The van der Waals surface area contributed by atoms with Crippen LogP contribution in [0.25, 0.3) is 0 Å². The van der Waals surface area contributed by atoms with Crippen LogP contribution in [0.15, 0.2) is 54.8 Å². The topological polar surface area (TPSA) is 72.6 Å². The third kappa shape index (κ3) is 4.94. The highest BCUT2D eigenvalue weighted by Gasteiger charge is 2.00. The number of hydrogen-bond donors (Lipinski definition) is 1. The Morgan fingerprint density at radius 3 is 2.35 bits per heavy atom. The quantitative estimate of drug-likeness (QED) is 0.629. The van der Waals surface area contributed by atoms with Gasteiger partial charge in [-0.2, -0.15) is 0 Å². The van der Waals surface area contributed by atoms with Gasteiger partial charge in [0.25, 0.3) is 5.69 Å². The predicted octanol–water partition coefficient (Wildman–Crippen LogP) is 2.04. The van der Waals surface area contributed by atoms with E-state index in [1.165, 1.54) is 12.1 Å². The molecular formula is C12H13NO4. The van der Waals surface area contributed by atoms with Crippen molar-refractivity contribution in [3.8, 4) is 0 Å². The van der Waals surface area contributed by atoms with E-state index in [1.54, 1.807) is 36.6 Å². The largest absolute Gasteiger partial charge is 0.492 e. The zero-order chi connectivity index (χ0) is 12.5. The molecule has 1 aromatic rings. The standard InChI is InChI=1S/C6H5NO2.C6H8O2/c8-7(9)6-4-2-1-3-5-6;7-5-6-3-1-2-4-8-6/h1-5H;1-4,6-7H,5H2. The van der Waals surface area contributed by atoms with Crippen molar-refractivity contribution in [2.24, 2.45) is 0 Å². The van der Waals surface area contributed by atoms with Gasteiger partial charge in [-0.05, 0) is 12.2 Å². The summed E-state index contributed by atoms with van der Waals surface area (Å²) in [6, 6.07) is 7.93. The number of nitro groups is 1. The zero-order valence-corrected chi connectivity index (χ0v) is 9.10. The third-order valence-electron chi connectivity index (χ3n) is 1.92. The van der Waals surface area contributed by atoms with Crippen LogP contribution in [-0.2, 0) is 4.74 Å². The average molecular weight is 235 g/mol. The first-order valence-corrected chi connectivity index (χ1v) is 5.03. The monoisotopic (exact) mass is 235 g/mol. The average Bonchev–Trinajstić information content (AvgIpc) is 2.41. The van der Waals surface area contributed by atoms with Gasteiger partial charge in [-0.25, -0.2) is 0 Å². The van der Waals surface area contributed by atoms with Gasteiger partial charge in [-0.15, -0.1) is 0 Å². The number of para-hydroxylation sites is 1. The second-order valence-corrected chi connectivity index (χ2v) is 3.16. The van der Waals surface area contributed by atoms with Gasteiger partial charge in [0, 0.05) is 12.1 Å². The summed E-state index contributed by atoms with van der Waals surface area (Å²) in [5, 5.41) is 18.5. The van der Waals surface area contributed by atoms with Crippen molar-refractivity contribution in [1.29, 1.82) is 0 Å². The number of non-ortho nitro benzene ring substituents is 1. The molecule has 0 bridgehead atoms. The van der Waals surface area contributed by atoms with E-state index in [9.17, 15) is 10.1 Å². The van der Waals surface area contributed by atoms with Crippen LogP contribution in [0.4, 0.5) is 5.69 Å². The minimum Gasteiger partial charge on any atom is -0.492 e. The fourth-order valence-electron chi connectivity index (χ4n) is 1.08. The Kier molecular flexibility index (Phi) is 5.46. The molecule has 0 spiro atoms. The van der Waals surface area contributed by atoms with Crippen LogP contribution in [0.3, 0.4) is 0 Å². The Morgan fingerprint density at radius 1 is 1.29 bits per heavy atom. The molecule has 1 N–H and O–H groups in total. The summed E-state index contributed by atoms with van der Waals surface area (Å²) >= 11 is 0. The van der Waals surface area contributed by atoms with E-state index in [4.69, 9.17) is 9.84 Å². The number of aliphatic hydroxyl groups excluding tert-OH is 1. The molecule has 5 nitrogen and oxygen atoms in total. The minimum absolute atomic E-state index is 0.0564. The maximum atomic E-state index is 10.0. The maximum Gasteiger partial charge on any atom is 0.269 e. The summed E-state index contributed by atoms with van der Waals surface area (Å²) in [5.41, 5.74) is 0.137. The van der Waals surface area contributed by atoms with E-state index in [-0.39, 0.29) is 18.4 Å². The minimum atomic E-state index is -0.417. The Hall–Kier alpha value is -2.14. The second-order valence-electron chi connectivity index (χ2n) is 3.16. The fraction of sp³-hybridized carbons (Fsp3) is 0.167. The lowest BCUT2D eigenvalue weighted by molar-refractivity contribution is -0.384. The first kappa shape index (κ1) is 12.9. The summed E-state index contributed by atoms with van der Waals surface area (Å²) in [6.07, 6.45) is 6.89. The van der Waals surface area contributed by atoms with E-state index in [1.807, 2.05) is 6.08 Å². The molecule has 1 aromatic carbocycles. The Labute approximate surface area is 98.8 Å². The molecule has 1 aliphatic rings. The Morgan fingerprint density at radius 2 is 2.00 bits per heavy atom. The van der Waals surface area contributed by atoms with E-state index < -0.39 is 4.92 Å². The highest BCUT2D eigenvalue weighted by molar-refractivity contribution is 5.27. The molecule has 5 heteroatoms. The van der Waals surface area contributed by atoms with E-state index in [0.717, 1.165) is 0 Å². The van der Waals surface area contributed by atoms with Gasteiger partial charge >= 0.3 is 0 Å². The Bertz CT molecular complexity index is 400. The molecule has 0 saturated carbocycles. The highest BCUT2D eigenvalue weighted by Crippen LogP contribution is 2.06. The second kappa shape index (κ2) is 7.19. The lowest BCUT2D eigenvalue weighted by Gasteiger charge is -2.10. The van der Waals surface area contributed by atoms with Crippen molar-refractivity contribution in [2.45, 2.75) is 6.10 Å². The van der Waals surface area contributed by atoms with Crippen LogP contribution in [0.5, 0.6) is 0 Å². The fourth-order valence-corrected chi connectivity index (χ4v) is 1.08. The summed E-state index contributed by atoms with van der Waals surface area (Å²) in [6.45, 7) is 0.0564. The molecule has 17 heavy (non-hydrogen) atoms. The number of ether oxygens (including phenoxy) is 1. The van der Waals surface area contributed by atoms with Crippen molar-refractivity contribution in [3.05, 3.63) is 64.9 Å². The van der Waals surface area contributed by atoms with Gasteiger partial charge in [-0.1, -0.05) is 24.3 Å². The molecule has 1 unspecified atom stereocenters. The van der Waals surface area contributed by atoms with Crippen molar-refractivity contribution in [3.63, 3.8) is 0 Å². The molecule has 90 valence electrons. The van der Waals surface area contributed by atoms with E-state index in [2.05, 4.69) is 0 Å². The molecule has 1 heterocycles. The molecule has 0 radical (unpaired) electrons. The number of hydrogen-bond acceptors (Lipinski definition) is 4. The molecule has 0 saturated heterocycles. The van der Waals surface area contributed by atoms with Crippen molar-refractivity contribution < 1.29 is 14.8 Å². The molecular weight excluding hydrogens is 222 g/mol. The van der Waals surface area contributed by atoms with Crippen LogP contribution >= 0.6 is 0 Å². The number of aliphatic hydroxyl groups is 1. The molecule has 2 rings (SSSR count). The van der Waals surface area contributed by atoms with Crippen LogP contribution in [0.2, 0.25) is 0 Å². The summed E-state index contributed by atoms with van der Waals surface area (Å²) in [4.78, 5) is 9.59. The number of allylic oxidation sites excluding steroid dienone is 2. The molecule has 1 atom stereocenters. The van der Waals surface area contributed by atoms with Crippen LogP contribution in [0.1, 0.15) is 0 Å². The van der Waals surface area contributed by atoms with Crippen LogP contribution in [0, 0.1) is 10.1 Å². The highest BCUT2D eigenvalue weighted by atomic mass is 16.6. The number of rotatable bonds is 2. The smallest absolute Gasteiger partial charge is 0.269 e. The van der Waals surface area contributed by atoms with Crippen molar-refractivity contribution >= 4 is 5.69 Å². The number of benzene rings is 1. The number of nitro benzene ring substituents is 1. The number of nitrogens with zero attached hydrogens (tertiary/aromatic N) is 1. The van der Waals surface area contributed by atoms with E-state index in [0.29, 0.717) is 0 Å². The van der Waals surface area contributed by atoms with Gasteiger partial charge in [-0.3, -0.25) is 10.1 Å². The van der Waals surface area contributed by atoms with Gasteiger partial charge in [0.05, 0.1) is 17.8 Å². The van der Waals surface area contributed by atoms with Crippen molar-refractivity contribution in [2.75, 3.05) is 6.61 Å². The molecule has 0 fully saturated rings. The molecule has 0 aromatic heterocycles. The van der Waals surface area contributed by atoms with Gasteiger partial charge in [0.1, 0.15) is 6.10 Å². The summed E-state index contributed by atoms with van der Waals surface area (Å²) in [7, 11) is 0. The van der Waals surface area contributed by atoms with E-state index >= 15 is 0 Å². The Balaban J connectivity index is 0.000000171. The van der Waals surface area contributed by atoms with Gasteiger partial charge < -0.3 is 9.84 Å². The van der Waals surface area contributed by atoms with Gasteiger partial charge in [0.15, 0.2) is 0 Å². The summed E-state index contributed by atoms with van der Waals surface area (Å²) in [5.74, 6) is 0. The van der Waals surface area contributed by atoms with Crippen LogP contribution in [-0.4, -0.2) is 22.7 Å². The molecule has 1 aliphatic heterocycles. The predicted molar refractivity (Wildman–Crippen MR) is 63.3 cm³/mol. The van der Waals surface area contributed by atoms with Crippen LogP contribution < -0.4 is 0 Å². The lowest BCUT2D eigenvalue weighted by Crippen LogP contribution is -2.12. The summed E-state index contributed by atoms with van der Waals surface area (Å²) < 4.78 is 4.91.